The van der Waals surface area contributed by atoms with Crippen LogP contribution in [-0.2, 0) is 11.3 Å². The van der Waals surface area contributed by atoms with Gasteiger partial charge in [0.05, 0.1) is 29.7 Å². The number of rotatable bonds is 7. The molecule has 0 amide bonds. The Hall–Kier alpha value is -3.96. The third-order valence-electron chi connectivity index (χ3n) is 6.79. The molecule has 1 fully saturated rings. The van der Waals surface area contributed by atoms with Gasteiger partial charge < -0.3 is 14.0 Å². The van der Waals surface area contributed by atoms with E-state index in [1.54, 1.807) is 34.9 Å². The van der Waals surface area contributed by atoms with Gasteiger partial charge in [0, 0.05) is 41.5 Å². The third kappa shape index (κ3) is 5.19. The topological polar surface area (TPSA) is 90.7 Å². The molecule has 1 saturated heterocycles. The number of imidazole rings is 1. The van der Waals surface area contributed by atoms with Crippen LogP contribution in [0.3, 0.4) is 0 Å². The first kappa shape index (κ1) is 25.3. The lowest BCUT2D eigenvalue weighted by molar-refractivity contribution is 0.0498. The molecule has 0 aliphatic carbocycles. The summed E-state index contributed by atoms with van der Waals surface area (Å²) >= 11 is 6.30. The number of hydrogen-bond donors (Lipinski definition) is 1. The molecule has 0 unspecified atom stereocenters. The first-order valence-corrected chi connectivity index (χ1v) is 12.7. The smallest absolute Gasteiger partial charge is 0.179 e. The maximum absolute atomic E-state index is 15.3. The van der Waals surface area contributed by atoms with Crippen molar-refractivity contribution in [2.45, 2.75) is 19.4 Å². The van der Waals surface area contributed by atoms with Crippen molar-refractivity contribution in [3.63, 3.8) is 0 Å². The van der Waals surface area contributed by atoms with Gasteiger partial charge >= 0.3 is 0 Å². The van der Waals surface area contributed by atoms with Crippen molar-refractivity contribution in [2.24, 2.45) is 5.92 Å². The highest BCUT2D eigenvalue weighted by atomic mass is 35.5. The molecule has 0 atom stereocenters. The van der Waals surface area contributed by atoms with Crippen molar-refractivity contribution >= 4 is 22.6 Å². The van der Waals surface area contributed by atoms with E-state index < -0.39 is 17.5 Å². The number of aromatic nitrogens is 6. The van der Waals surface area contributed by atoms with Crippen LogP contribution in [-0.4, -0.2) is 50.0 Å². The fraction of sp³-hybridized carbons (Fsp3) is 0.259. The van der Waals surface area contributed by atoms with Gasteiger partial charge in [0.15, 0.2) is 17.5 Å². The van der Waals surface area contributed by atoms with E-state index in [0.29, 0.717) is 70.4 Å². The van der Waals surface area contributed by atoms with Crippen molar-refractivity contribution in [3.05, 3.63) is 76.6 Å². The van der Waals surface area contributed by atoms with E-state index in [1.807, 2.05) is 0 Å². The van der Waals surface area contributed by atoms with E-state index in [4.69, 9.17) is 21.1 Å². The summed E-state index contributed by atoms with van der Waals surface area (Å²) in [6, 6.07) is 11.8. The number of ether oxygens (including phenoxy) is 2. The number of halogens is 4. The third-order valence-corrected chi connectivity index (χ3v) is 7.03. The molecule has 2 aromatic heterocycles. The van der Waals surface area contributed by atoms with Gasteiger partial charge in [-0.1, -0.05) is 23.7 Å². The van der Waals surface area contributed by atoms with Crippen LogP contribution in [0.1, 0.15) is 18.4 Å². The van der Waals surface area contributed by atoms with Crippen LogP contribution >= 0.6 is 11.6 Å². The van der Waals surface area contributed by atoms with Gasteiger partial charge in [0.25, 0.3) is 0 Å². The Labute approximate surface area is 225 Å². The number of nitrogens with zero attached hydrogens (tertiary/aromatic N) is 5. The molecular formula is C27H22ClF3N6O2. The monoisotopic (exact) mass is 554 g/mol. The maximum atomic E-state index is 15.3. The summed E-state index contributed by atoms with van der Waals surface area (Å²) in [4.78, 5) is 4.61. The average molecular weight is 555 g/mol. The van der Waals surface area contributed by atoms with Crippen LogP contribution in [0, 0.1) is 23.4 Å². The lowest BCUT2D eigenvalue weighted by atomic mass is 10.0. The van der Waals surface area contributed by atoms with Gasteiger partial charge in [-0.25, -0.2) is 23.3 Å². The van der Waals surface area contributed by atoms with Crippen LogP contribution in [0.15, 0.2) is 48.5 Å². The lowest BCUT2D eigenvalue weighted by Gasteiger charge is -2.23. The summed E-state index contributed by atoms with van der Waals surface area (Å²) in [6.07, 6.45) is 1.76. The van der Waals surface area contributed by atoms with E-state index in [0.717, 1.165) is 25.0 Å². The molecule has 200 valence electrons. The molecule has 3 heterocycles. The second-order valence-corrected chi connectivity index (χ2v) is 9.78. The molecule has 6 rings (SSSR count). The molecule has 0 bridgehead atoms. The quantitative estimate of drug-likeness (QED) is 0.273. The number of H-pyrrole nitrogens is 1. The molecule has 3 aromatic carbocycles. The van der Waals surface area contributed by atoms with E-state index in [-0.39, 0.29) is 12.1 Å². The number of benzene rings is 3. The zero-order valence-corrected chi connectivity index (χ0v) is 21.3. The zero-order chi connectivity index (χ0) is 26.9. The second kappa shape index (κ2) is 10.7. The molecule has 5 aromatic rings. The lowest BCUT2D eigenvalue weighted by Crippen LogP contribution is -2.21. The summed E-state index contributed by atoms with van der Waals surface area (Å²) in [7, 11) is 0. The summed E-state index contributed by atoms with van der Waals surface area (Å²) in [5.74, 6) is -1.11. The van der Waals surface area contributed by atoms with Crippen molar-refractivity contribution in [2.75, 3.05) is 19.8 Å². The highest BCUT2D eigenvalue weighted by Crippen LogP contribution is 2.36. The average Bonchev–Trinajstić information content (AvgIpc) is 3.59. The predicted octanol–water partition coefficient (Wildman–Crippen LogP) is 5.81. The Balaban J connectivity index is 1.42. The van der Waals surface area contributed by atoms with Gasteiger partial charge in [0.2, 0.25) is 0 Å². The highest BCUT2D eigenvalue weighted by Gasteiger charge is 2.22. The number of nitrogens with one attached hydrogen (secondary N) is 1. The largest absolute Gasteiger partial charge is 0.492 e. The summed E-state index contributed by atoms with van der Waals surface area (Å²) in [6.45, 7) is 1.80. The number of aromatic amines is 1. The molecule has 1 aliphatic rings. The highest BCUT2D eigenvalue weighted by molar-refractivity contribution is 6.30. The van der Waals surface area contributed by atoms with Gasteiger partial charge in [-0.15, -0.1) is 5.10 Å². The molecule has 0 radical (unpaired) electrons. The van der Waals surface area contributed by atoms with E-state index in [9.17, 15) is 8.78 Å². The molecule has 12 heteroatoms. The fourth-order valence-corrected chi connectivity index (χ4v) is 4.84. The fourth-order valence-electron chi connectivity index (χ4n) is 4.68. The molecule has 0 saturated carbocycles. The first-order chi connectivity index (χ1) is 19.0. The van der Waals surface area contributed by atoms with Crippen LogP contribution in [0.25, 0.3) is 33.8 Å². The molecule has 0 spiro atoms. The van der Waals surface area contributed by atoms with Crippen LogP contribution in [0.4, 0.5) is 13.2 Å². The van der Waals surface area contributed by atoms with E-state index in [1.165, 1.54) is 6.07 Å². The van der Waals surface area contributed by atoms with Crippen LogP contribution in [0.5, 0.6) is 5.75 Å². The first-order valence-electron chi connectivity index (χ1n) is 12.3. The summed E-state index contributed by atoms with van der Waals surface area (Å²) in [5.41, 5.74) is 1.85. The van der Waals surface area contributed by atoms with E-state index in [2.05, 4.69) is 25.6 Å². The molecule has 1 aliphatic heterocycles. The number of fused-ring (bicyclic) bond motifs is 1. The Morgan fingerprint density at radius 2 is 1.82 bits per heavy atom. The second-order valence-electron chi connectivity index (χ2n) is 9.34. The minimum Gasteiger partial charge on any atom is -0.492 e. The van der Waals surface area contributed by atoms with Gasteiger partial charge in [-0.3, -0.25) is 0 Å². The summed E-state index contributed by atoms with van der Waals surface area (Å²) in [5, 5.41) is 13.9. The normalized spacial score (nSPS) is 14.3. The van der Waals surface area contributed by atoms with Crippen LogP contribution in [0.2, 0.25) is 5.02 Å². The Bertz CT molecular complexity index is 1640. The van der Waals surface area contributed by atoms with Gasteiger partial charge in [-0.2, -0.15) is 0 Å². The minimum atomic E-state index is -1.03. The number of tetrazole rings is 1. The Kier molecular flexibility index (Phi) is 6.92. The van der Waals surface area contributed by atoms with Crippen LogP contribution < -0.4 is 4.74 Å². The molecule has 1 N–H and O–H groups in total. The molecule has 39 heavy (non-hydrogen) atoms. The maximum Gasteiger partial charge on any atom is 0.179 e. The minimum absolute atomic E-state index is 0.0142. The van der Waals surface area contributed by atoms with Crippen molar-refractivity contribution in [1.29, 1.82) is 0 Å². The van der Waals surface area contributed by atoms with Crippen molar-refractivity contribution in [3.8, 4) is 28.5 Å². The molecule has 8 nitrogen and oxygen atoms in total. The standard InChI is InChI=1S/C27H22ClF3N6O2/c28-18-3-4-19(25(10-18)39-14-15-5-7-38-8-6-15)27-32-23-11-21(30)22(31)12-24(23)37(27)13-17-2-1-16(9-20(17)29)26-33-35-36-34-26/h1-4,9-12,15H,5-8,13-14H2,(H,33,34,35,36). The molecular weight excluding hydrogens is 533 g/mol. The van der Waals surface area contributed by atoms with Gasteiger partial charge in [0.1, 0.15) is 17.4 Å². The van der Waals surface area contributed by atoms with Gasteiger partial charge in [-0.05, 0) is 53.5 Å². The summed E-state index contributed by atoms with van der Waals surface area (Å²) < 4.78 is 57.1. The van der Waals surface area contributed by atoms with Crippen molar-refractivity contribution in [1.82, 2.24) is 30.2 Å². The van der Waals surface area contributed by atoms with Crippen molar-refractivity contribution < 1.29 is 22.6 Å². The Morgan fingerprint density at radius 3 is 2.59 bits per heavy atom. The Morgan fingerprint density at radius 1 is 1.00 bits per heavy atom. The zero-order valence-electron chi connectivity index (χ0n) is 20.5. The number of hydrogen-bond acceptors (Lipinski definition) is 6. The predicted molar refractivity (Wildman–Crippen MR) is 138 cm³/mol. The van der Waals surface area contributed by atoms with E-state index >= 15 is 4.39 Å². The SMILES string of the molecule is Fc1cc2nc(-c3ccc(Cl)cc3OCC3CCOCC3)n(Cc3ccc(-c4nnn[nH]4)cc3F)c2cc1F.